The number of methoxy groups -OCH3 is 1. The van der Waals surface area contributed by atoms with Crippen LogP contribution in [0.2, 0.25) is 0 Å². The summed E-state index contributed by atoms with van der Waals surface area (Å²) in [5.74, 6) is -0.815. The number of rotatable bonds is 2. The van der Waals surface area contributed by atoms with Gasteiger partial charge in [0, 0.05) is 29.4 Å². The number of carbonyl (C=O) groups is 2. The number of benzene rings is 2. The van der Waals surface area contributed by atoms with Gasteiger partial charge in [0.1, 0.15) is 0 Å². The first-order chi connectivity index (χ1) is 10.1. The molecule has 1 aliphatic rings. The van der Waals surface area contributed by atoms with E-state index >= 15 is 0 Å². The number of nitrogen functional groups attached to an aromatic ring is 1. The molecule has 0 aromatic heterocycles. The third kappa shape index (κ3) is 2.20. The molecule has 0 spiro atoms. The first kappa shape index (κ1) is 13.4. The predicted octanol–water partition coefficient (Wildman–Crippen LogP) is 1.95. The van der Waals surface area contributed by atoms with Gasteiger partial charge in [-0.3, -0.25) is 9.59 Å². The lowest BCUT2D eigenvalue weighted by molar-refractivity contribution is -0.145. The van der Waals surface area contributed by atoms with Gasteiger partial charge in [0.05, 0.1) is 18.7 Å². The largest absolute Gasteiger partial charge is 0.469 e. The van der Waals surface area contributed by atoms with E-state index in [0.717, 1.165) is 16.5 Å². The highest BCUT2D eigenvalue weighted by Crippen LogP contribution is 2.33. The Morgan fingerprint density at radius 3 is 2.71 bits per heavy atom. The van der Waals surface area contributed by atoms with E-state index in [4.69, 9.17) is 10.5 Å². The minimum atomic E-state index is -0.404. The molecule has 0 radical (unpaired) electrons. The molecule has 2 aromatic rings. The molecular formula is C16H16N2O3. The van der Waals surface area contributed by atoms with Crippen molar-refractivity contribution in [1.29, 1.82) is 0 Å². The van der Waals surface area contributed by atoms with Gasteiger partial charge >= 0.3 is 5.97 Å². The molecule has 2 N–H and O–H groups in total. The van der Waals surface area contributed by atoms with E-state index in [1.54, 1.807) is 4.90 Å². The number of anilines is 2. The molecule has 1 aliphatic heterocycles. The summed E-state index contributed by atoms with van der Waals surface area (Å²) in [6.07, 6.45) is 0.186. The molecule has 1 fully saturated rings. The Hall–Kier alpha value is -2.56. The number of ether oxygens (including phenoxy) is 1. The molecule has 1 unspecified atom stereocenters. The Kier molecular flexibility index (Phi) is 3.25. The number of carbonyl (C=O) groups excluding carboxylic acids is 2. The summed E-state index contributed by atoms with van der Waals surface area (Å²) in [6, 6.07) is 11.3. The van der Waals surface area contributed by atoms with Crippen molar-refractivity contribution in [3.8, 4) is 0 Å². The SMILES string of the molecule is COC(=O)C1CC(=O)N(c2cccc3c(N)cccc23)C1. The van der Waals surface area contributed by atoms with Gasteiger partial charge in [-0.25, -0.2) is 0 Å². The van der Waals surface area contributed by atoms with Crippen molar-refractivity contribution in [2.24, 2.45) is 5.92 Å². The van der Waals surface area contributed by atoms with Gasteiger partial charge in [0.25, 0.3) is 0 Å². The van der Waals surface area contributed by atoms with Crippen LogP contribution in [-0.4, -0.2) is 25.5 Å². The van der Waals surface area contributed by atoms with E-state index in [-0.39, 0.29) is 18.3 Å². The maximum Gasteiger partial charge on any atom is 0.311 e. The van der Waals surface area contributed by atoms with Crippen molar-refractivity contribution >= 4 is 34.0 Å². The fourth-order valence-corrected chi connectivity index (χ4v) is 2.82. The number of fused-ring (bicyclic) bond motifs is 1. The lowest BCUT2D eigenvalue weighted by Crippen LogP contribution is -2.26. The van der Waals surface area contributed by atoms with Crippen LogP contribution < -0.4 is 10.6 Å². The van der Waals surface area contributed by atoms with Crippen molar-refractivity contribution in [3.05, 3.63) is 36.4 Å². The number of nitrogens with zero attached hydrogens (tertiary/aromatic N) is 1. The standard InChI is InChI=1S/C16H16N2O3/c1-21-16(20)10-8-15(19)18(9-10)14-7-3-4-11-12(14)5-2-6-13(11)17/h2-7,10H,8-9,17H2,1H3. The predicted molar refractivity (Wildman–Crippen MR) is 80.8 cm³/mol. The average Bonchev–Trinajstić information content (AvgIpc) is 2.88. The molecule has 0 aliphatic carbocycles. The molecule has 5 nitrogen and oxygen atoms in total. The quantitative estimate of drug-likeness (QED) is 0.675. The van der Waals surface area contributed by atoms with E-state index in [1.807, 2.05) is 36.4 Å². The molecule has 1 amide bonds. The van der Waals surface area contributed by atoms with Gasteiger partial charge in [-0.1, -0.05) is 24.3 Å². The maximum absolute atomic E-state index is 12.2. The summed E-state index contributed by atoms with van der Waals surface area (Å²) in [6.45, 7) is 0.347. The van der Waals surface area contributed by atoms with Crippen molar-refractivity contribution in [2.45, 2.75) is 6.42 Å². The number of nitrogens with two attached hydrogens (primary N) is 1. The van der Waals surface area contributed by atoms with Crippen LogP contribution in [0.4, 0.5) is 11.4 Å². The second-order valence-corrected chi connectivity index (χ2v) is 5.15. The smallest absolute Gasteiger partial charge is 0.311 e. The van der Waals surface area contributed by atoms with E-state index in [0.29, 0.717) is 12.2 Å². The van der Waals surface area contributed by atoms with Gasteiger partial charge in [0.2, 0.25) is 5.91 Å². The number of esters is 1. The fourth-order valence-electron chi connectivity index (χ4n) is 2.82. The summed E-state index contributed by atoms with van der Waals surface area (Å²) in [5.41, 5.74) is 7.44. The van der Waals surface area contributed by atoms with Crippen LogP contribution in [0.25, 0.3) is 10.8 Å². The lowest BCUT2D eigenvalue weighted by atomic mass is 10.1. The second kappa shape index (κ2) is 5.09. The van der Waals surface area contributed by atoms with Crippen molar-refractivity contribution in [1.82, 2.24) is 0 Å². The minimum absolute atomic E-state index is 0.0691. The summed E-state index contributed by atoms with van der Waals surface area (Å²) in [4.78, 5) is 25.5. The molecule has 0 bridgehead atoms. The first-order valence-electron chi connectivity index (χ1n) is 6.77. The fraction of sp³-hybridized carbons (Fsp3) is 0.250. The molecule has 1 heterocycles. The molecule has 1 saturated heterocycles. The number of hydrogen-bond acceptors (Lipinski definition) is 4. The Morgan fingerprint density at radius 2 is 1.95 bits per heavy atom. The lowest BCUT2D eigenvalue weighted by Gasteiger charge is -2.19. The monoisotopic (exact) mass is 284 g/mol. The molecule has 3 rings (SSSR count). The van der Waals surface area contributed by atoms with E-state index in [1.165, 1.54) is 7.11 Å². The van der Waals surface area contributed by atoms with Gasteiger partial charge in [-0.05, 0) is 12.1 Å². The molecule has 1 atom stereocenters. The zero-order chi connectivity index (χ0) is 15.0. The molecule has 2 aromatic carbocycles. The molecule has 21 heavy (non-hydrogen) atoms. The van der Waals surface area contributed by atoms with E-state index < -0.39 is 5.92 Å². The second-order valence-electron chi connectivity index (χ2n) is 5.15. The molecule has 0 saturated carbocycles. The van der Waals surface area contributed by atoms with Crippen LogP contribution in [-0.2, 0) is 14.3 Å². The van der Waals surface area contributed by atoms with Crippen molar-refractivity contribution in [2.75, 3.05) is 24.3 Å². The zero-order valence-corrected chi connectivity index (χ0v) is 11.7. The summed E-state index contributed by atoms with van der Waals surface area (Å²) >= 11 is 0. The van der Waals surface area contributed by atoms with Gasteiger partial charge in [-0.2, -0.15) is 0 Å². The van der Waals surface area contributed by atoms with Crippen LogP contribution in [0.1, 0.15) is 6.42 Å². The number of amides is 1. The molecule has 5 heteroatoms. The van der Waals surface area contributed by atoms with Gasteiger partial charge in [0.15, 0.2) is 0 Å². The highest BCUT2D eigenvalue weighted by Gasteiger charge is 2.36. The summed E-state index contributed by atoms with van der Waals surface area (Å²) in [5, 5.41) is 1.82. The average molecular weight is 284 g/mol. The van der Waals surface area contributed by atoms with Crippen LogP contribution in [0.5, 0.6) is 0 Å². The summed E-state index contributed by atoms with van der Waals surface area (Å²) < 4.78 is 4.74. The Morgan fingerprint density at radius 1 is 1.24 bits per heavy atom. The normalized spacial score (nSPS) is 18.2. The Bertz CT molecular complexity index is 727. The first-order valence-corrected chi connectivity index (χ1v) is 6.77. The van der Waals surface area contributed by atoms with Crippen molar-refractivity contribution in [3.63, 3.8) is 0 Å². The van der Waals surface area contributed by atoms with Crippen LogP contribution in [0.3, 0.4) is 0 Å². The van der Waals surface area contributed by atoms with Gasteiger partial charge in [-0.15, -0.1) is 0 Å². The van der Waals surface area contributed by atoms with Crippen molar-refractivity contribution < 1.29 is 14.3 Å². The van der Waals surface area contributed by atoms with Gasteiger partial charge < -0.3 is 15.4 Å². The van der Waals surface area contributed by atoms with Crippen LogP contribution >= 0.6 is 0 Å². The third-order valence-corrected chi connectivity index (χ3v) is 3.88. The molecule has 108 valence electrons. The minimum Gasteiger partial charge on any atom is -0.469 e. The van der Waals surface area contributed by atoms with Crippen LogP contribution in [0, 0.1) is 5.92 Å². The topological polar surface area (TPSA) is 72.6 Å². The third-order valence-electron chi connectivity index (χ3n) is 3.88. The highest BCUT2D eigenvalue weighted by molar-refractivity contribution is 6.08. The highest BCUT2D eigenvalue weighted by atomic mass is 16.5. The molecular weight excluding hydrogens is 268 g/mol. The van der Waals surface area contributed by atoms with E-state index in [2.05, 4.69) is 0 Å². The Balaban J connectivity index is 2.03. The number of hydrogen-bond donors (Lipinski definition) is 1. The Labute approximate surface area is 122 Å². The summed E-state index contributed by atoms with van der Waals surface area (Å²) in [7, 11) is 1.34. The maximum atomic E-state index is 12.2. The van der Waals surface area contributed by atoms with E-state index in [9.17, 15) is 9.59 Å². The zero-order valence-electron chi connectivity index (χ0n) is 11.7. The van der Waals surface area contributed by atoms with Crippen LogP contribution in [0.15, 0.2) is 36.4 Å².